The minimum absolute atomic E-state index is 0.175. The van der Waals surface area contributed by atoms with E-state index >= 15 is 0 Å². The van der Waals surface area contributed by atoms with E-state index in [9.17, 15) is 9.59 Å². The molecule has 6 nitrogen and oxygen atoms in total. The molecular weight excluding hydrogens is 312 g/mol. The van der Waals surface area contributed by atoms with E-state index in [2.05, 4.69) is 10.3 Å². The third-order valence-electron chi connectivity index (χ3n) is 3.09. The first-order valence-corrected chi connectivity index (χ1v) is 8.10. The number of nitrogens with zero attached hydrogens (tertiary/aromatic N) is 3. The molecule has 0 aliphatic heterocycles. The molecule has 0 spiro atoms. The maximum atomic E-state index is 12.8. The number of benzene rings is 1. The number of carbonyl (C=O) groups is 2. The van der Waals surface area contributed by atoms with Gasteiger partial charge in [0, 0.05) is 31.1 Å². The standard InChI is InChI=1S/C16H20N4O2S/c1-12(21)17-16-18-14(11-23-16)15(22)20(10-9-19(2)3)13-7-5-4-6-8-13/h4-8,11H,9-10H2,1-3H3,(H,17,18,21). The zero-order valence-electron chi connectivity index (χ0n) is 13.4. The smallest absolute Gasteiger partial charge is 0.277 e. The summed E-state index contributed by atoms with van der Waals surface area (Å²) in [5.74, 6) is -0.378. The second-order valence-corrected chi connectivity index (χ2v) is 6.17. The molecule has 2 aromatic rings. The van der Waals surface area contributed by atoms with Gasteiger partial charge in [-0.25, -0.2) is 4.98 Å². The van der Waals surface area contributed by atoms with Gasteiger partial charge in [0.05, 0.1) is 0 Å². The second-order valence-electron chi connectivity index (χ2n) is 5.31. The summed E-state index contributed by atoms with van der Waals surface area (Å²) in [5, 5.41) is 4.70. The predicted octanol–water partition coefficient (Wildman–Crippen LogP) is 2.31. The Morgan fingerprint density at radius 1 is 1.17 bits per heavy atom. The molecule has 2 rings (SSSR count). The van der Waals surface area contributed by atoms with Gasteiger partial charge in [0.1, 0.15) is 5.69 Å². The lowest BCUT2D eigenvalue weighted by molar-refractivity contribution is -0.114. The number of carbonyl (C=O) groups excluding carboxylic acids is 2. The van der Waals surface area contributed by atoms with Crippen LogP contribution in [0.4, 0.5) is 10.8 Å². The molecule has 122 valence electrons. The summed E-state index contributed by atoms with van der Waals surface area (Å²) in [6.45, 7) is 2.71. The largest absolute Gasteiger partial charge is 0.308 e. The molecule has 1 aromatic heterocycles. The van der Waals surface area contributed by atoms with Crippen molar-refractivity contribution in [1.29, 1.82) is 0 Å². The molecule has 1 N–H and O–H groups in total. The first-order valence-electron chi connectivity index (χ1n) is 7.22. The number of hydrogen-bond donors (Lipinski definition) is 1. The average Bonchev–Trinajstić information content (AvgIpc) is 2.95. The van der Waals surface area contributed by atoms with Gasteiger partial charge in [-0.2, -0.15) is 0 Å². The fourth-order valence-electron chi connectivity index (χ4n) is 1.97. The van der Waals surface area contributed by atoms with Crippen LogP contribution in [-0.4, -0.2) is 48.9 Å². The molecule has 1 aromatic carbocycles. The molecule has 0 bridgehead atoms. The maximum Gasteiger partial charge on any atom is 0.277 e. The van der Waals surface area contributed by atoms with Gasteiger partial charge in [0.2, 0.25) is 5.91 Å². The van der Waals surface area contributed by atoms with Crippen LogP contribution in [0.1, 0.15) is 17.4 Å². The lowest BCUT2D eigenvalue weighted by Gasteiger charge is -2.23. The van der Waals surface area contributed by atoms with E-state index in [0.29, 0.717) is 17.4 Å². The summed E-state index contributed by atoms with van der Waals surface area (Å²) in [5.41, 5.74) is 1.16. The fourth-order valence-corrected chi connectivity index (χ4v) is 2.70. The zero-order chi connectivity index (χ0) is 16.8. The quantitative estimate of drug-likeness (QED) is 0.881. The van der Waals surface area contributed by atoms with E-state index in [1.165, 1.54) is 18.3 Å². The predicted molar refractivity (Wildman–Crippen MR) is 93.1 cm³/mol. The van der Waals surface area contributed by atoms with Crippen molar-refractivity contribution in [2.24, 2.45) is 0 Å². The summed E-state index contributed by atoms with van der Waals surface area (Å²) in [6, 6.07) is 9.50. The Labute approximate surface area is 139 Å². The van der Waals surface area contributed by atoms with Gasteiger partial charge in [0.15, 0.2) is 5.13 Å². The Morgan fingerprint density at radius 3 is 2.48 bits per heavy atom. The van der Waals surface area contributed by atoms with E-state index in [-0.39, 0.29) is 11.8 Å². The summed E-state index contributed by atoms with van der Waals surface area (Å²) < 4.78 is 0. The van der Waals surface area contributed by atoms with Gasteiger partial charge in [-0.15, -0.1) is 11.3 Å². The first-order chi connectivity index (χ1) is 11.0. The van der Waals surface area contributed by atoms with Crippen molar-refractivity contribution in [3.05, 3.63) is 41.4 Å². The third-order valence-corrected chi connectivity index (χ3v) is 3.85. The third kappa shape index (κ3) is 4.87. The highest BCUT2D eigenvalue weighted by molar-refractivity contribution is 7.14. The van der Waals surface area contributed by atoms with E-state index < -0.39 is 0 Å². The van der Waals surface area contributed by atoms with Crippen LogP contribution in [-0.2, 0) is 4.79 Å². The Balaban J connectivity index is 2.22. The summed E-state index contributed by atoms with van der Waals surface area (Å²) in [6.07, 6.45) is 0. The Morgan fingerprint density at radius 2 is 1.87 bits per heavy atom. The van der Waals surface area contributed by atoms with Crippen LogP contribution in [0, 0.1) is 0 Å². The number of hydrogen-bond acceptors (Lipinski definition) is 5. The van der Waals surface area contributed by atoms with E-state index in [1.807, 2.05) is 49.3 Å². The molecule has 0 saturated heterocycles. The second kappa shape index (κ2) is 7.85. The van der Waals surface area contributed by atoms with Crippen LogP contribution in [0.5, 0.6) is 0 Å². The lowest BCUT2D eigenvalue weighted by Crippen LogP contribution is -2.37. The highest BCUT2D eigenvalue weighted by Crippen LogP contribution is 2.20. The molecule has 0 unspecified atom stereocenters. The van der Waals surface area contributed by atoms with Crippen LogP contribution in [0.3, 0.4) is 0 Å². The number of para-hydroxylation sites is 1. The molecule has 0 saturated carbocycles. The van der Waals surface area contributed by atoms with Crippen LogP contribution < -0.4 is 10.2 Å². The average molecular weight is 332 g/mol. The Kier molecular flexibility index (Phi) is 5.84. The number of amides is 2. The molecule has 0 fully saturated rings. The lowest BCUT2D eigenvalue weighted by atomic mass is 10.2. The van der Waals surface area contributed by atoms with Crippen LogP contribution >= 0.6 is 11.3 Å². The van der Waals surface area contributed by atoms with E-state index in [0.717, 1.165) is 12.2 Å². The first kappa shape index (κ1) is 17.1. The van der Waals surface area contributed by atoms with Crippen molar-refractivity contribution in [2.75, 3.05) is 37.4 Å². The van der Waals surface area contributed by atoms with Crippen molar-refractivity contribution in [2.45, 2.75) is 6.92 Å². The molecule has 2 amide bonds. The van der Waals surface area contributed by atoms with Gasteiger partial charge in [0.25, 0.3) is 5.91 Å². The number of aromatic nitrogens is 1. The zero-order valence-corrected chi connectivity index (χ0v) is 14.3. The van der Waals surface area contributed by atoms with Crippen molar-refractivity contribution in [3.8, 4) is 0 Å². The van der Waals surface area contributed by atoms with Crippen molar-refractivity contribution in [1.82, 2.24) is 9.88 Å². The molecule has 0 radical (unpaired) electrons. The summed E-state index contributed by atoms with van der Waals surface area (Å²) >= 11 is 1.24. The van der Waals surface area contributed by atoms with Crippen LogP contribution in [0.2, 0.25) is 0 Å². The number of anilines is 2. The molecule has 0 aliphatic rings. The number of likely N-dealkylation sites (N-methyl/N-ethyl adjacent to an activating group) is 1. The van der Waals surface area contributed by atoms with Crippen LogP contribution in [0.15, 0.2) is 35.7 Å². The topological polar surface area (TPSA) is 65.5 Å². The summed E-state index contributed by atoms with van der Waals surface area (Å²) in [4.78, 5) is 31.8. The van der Waals surface area contributed by atoms with Crippen LogP contribution in [0.25, 0.3) is 0 Å². The number of thiazole rings is 1. The number of nitrogens with one attached hydrogen (secondary N) is 1. The molecule has 23 heavy (non-hydrogen) atoms. The molecule has 0 aliphatic carbocycles. The highest BCUT2D eigenvalue weighted by atomic mass is 32.1. The van der Waals surface area contributed by atoms with Gasteiger partial charge in [-0.3, -0.25) is 9.59 Å². The molecule has 0 atom stereocenters. The SMILES string of the molecule is CC(=O)Nc1nc(C(=O)N(CCN(C)C)c2ccccc2)cs1. The molecule has 7 heteroatoms. The van der Waals surface area contributed by atoms with E-state index in [1.54, 1.807) is 10.3 Å². The maximum absolute atomic E-state index is 12.8. The van der Waals surface area contributed by atoms with Gasteiger partial charge >= 0.3 is 0 Å². The molecular formula is C16H20N4O2S. The van der Waals surface area contributed by atoms with Crippen molar-refractivity contribution < 1.29 is 9.59 Å². The highest BCUT2D eigenvalue weighted by Gasteiger charge is 2.20. The fraction of sp³-hybridized carbons (Fsp3) is 0.312. The van der Waals surface area contributed by atoms with Gasteiger partial charge < -0.3 is 15.1 Å². The van der Waals surface area contributed by atoms with Gasteiger partial charge in [-0.1, -0.05) is 18.2 Å². The van der Waals surface area contributed by atoms with Gasteiger partial charge in [-0.05, 0) is 26.2 Å². The number of rotatable bonds is 6. The summed E-state index contributed by atoms with van der Waals surface area (Å²) in [7, 11) is 3.93. The van der Waals surface area contributed by atoms with Crippen molar-refractivity contribution in [3.63, 3.8) is 0 Å². The van der Waals surface area contributed by atoms with E-state index in [4.69, 9.17) is 0 Å². The monoisotopic (exact) mass is 332 g/mol. The Bertz CT molecular complexity index is 670. The minimum Gasteiger partial charge on any atom is -0.308 e. The normalized spacial score (nSPS) is 10.6. The minimum atomic E-state index is -0.203. The Hall–Kier alpha value is -2.25. The van der Waals surface area contributed by atoms with Crippen molar-refractivity contribution >= 4 is 34.0 Å². The molecule has 1 heterocycles.